The van der Waals surface area contributed by atoms with E-state index < -0.39 is 0 Å². The van der Waals surface area contributed by atoms with E-state index in [0.717, 1.165) is 58.1 Å². The number of methoxy groups -OCH3 is 2. The molecule has 0 amide bonds. The van der Waals surface area contributed by atoms with Crippen LogP contribution >= 0.6 is 0 Å². The van der Waals surface area contributed by atoms with Crippen LogP contribution in [0.5, 0.6) is 0 Å². The van der Waals surface area contributed by atoms with Crippen molar-refractivity contribution in [3.05, 3.63) is 23.7 Å². The maximum atomic E-state index is 5.62. The SMILES string of the molecule is CCNCc1ccoc1CN(CCCOC)CCOC. The molecule has 0 aromatic carbocycles. The minimum atomic E-state index is 0.732. The van der Waals surface area contributed by atoms with E-state index in [1.54, 1.807) is 20.5 Å². The first-order valence-corrected chi connectivity index (χ1v) is 7.28. The Kier molecular flexibility index (Phi) is 9.32. The predicted molar refractivity (Wildman–Crippen MR) is 79.7 cm³/mol. The molecule has 0 aliphatic carbocycles. The van der Waals surface area contributed by atoms with E-state index in [4.69, 9.17) is 13.9 Å². The normalized spacial score (nSPS) is 11.4. The molecule has 1 aromatic rings. The van der Waals surface area contributed by atoms with Gasteiger partial charge in [0.25, 0.3) is 0 Å². The third kappa shape index (κ3) is 6.52. The lowest BCUT2D eigenvalue weighted by atomic mass is 10.2. The van der Waals surface area contributed by atoms with Gasteiger partial charge in [-0.2, -0.15) is 0 Å². The van der Waals surface area contributed by atoms with Crippen LogP contribution in [0, 0.1) is 0 Å². The van der Waals surface area contributed by atoms with E-state index in [2.05, 4.69) is 17.1 Å². The lowest BCUT2D eigenvalue weighted by Crippen LogP contribution is -2.29. The fraction of sp³-hybridized carbons (Fsp3) is 0.733. The van der Waals surface area contributed by atoms with Crippen LogP contribution in [-0.2, 0) is 22.6 Å². The summed E-state index contributed by atoms with van der Waals surface area (Å²) in [6, 6.07) is 2.04. The van der Waals surface area contributed by atoms with Crippen LogP contribution in [0.25, 0.3) is 0 Å². The Labute approximate surface area is 122 Å². The van der Waals surface area contributed by atoms with Gasteiger partial charge < -0.3 is 19.2 Å². The van der Waals surface area contributed by atoms with Crippen molar-refractivity contribution in [1.29, 1.82) is 0 Å². The Hall–Kier alpha value is -0.880. The molecule has 0 aliphatic heterocycles. The molecule has 116 valence electrons. The summed E-state index contributed by atoms with van der Waals surface area (Å²) in [6.45, 7) is 8.16. The highest BCUT2D eigenvalue weighted by molar-refractivity contribution is 5.16. The molecule has 0 aliphatic rings. The molecule has 5 heteroatoms. The lowest BCUT2D eigenvalue weighted by Gasteiger charge is -2.21. The zero-order valence-corrected chi connectivity index (χ0v) is 13.0. The molecule has 0 fully saturated rings. The highest BCUT2D eigenvalue weighted by Gasteiger charge is 2.11. The summed E-state index contributed by atoms with van der Waals surface area (Å²) in [5.41, 5.74) is 1.24. The molecule has 0 saturated heterocycles. The molecule has 0 saturated carbocycles. The molecule has 1 N–H and O–H groups in total. The fourth-order valence-corrected chi connectivity index (χ4v) is 2.05. The molecule has 1 heterocycles. The van der Waals surface area contributed by atoms with Crippen LogP contribution in [-0.4, -0.2) is 52.0 Å². The van der Waals surface area contributed by atoms with Crippen LogP contribution in [0.2, 0.25) is 0 Å². The molecule has 1 aromatic heterocycles. The summed E-state index contributed by atoms with van der Waals surface area (Å²) in [4.78, 5) is 2.34. The lowest BCUT2D eigenvalue weighted by molar-refractivity contribution is 0.124. The first kappa shape index (κ1) is 17.2. The standard InChI is InChI=1S/C15H28N2O3/c1-4-16-12-14-6-10-20-15(14)13-17(8-11-19-3)7-5-9-18-2/h6,10,16H,4-5,7-9,11-13H2,1-3H3. The van der Waals surface area contributed by atoms with Gasteiger partial charge in [-0.25, -0.2) is 0 Å². The van der Waals surface area contributed by atoms with Gasteiger partial charge in [-0.1, -0.05) is 6.92 Å². The summed E-state index contributed by atoms with van der Waals surface area (Å²) in [5, 5.41) is 3.34. The number of ether oxygens (including phenoxy) is 2. The van der Waals surface area contributed by atoms with E-state index in [-0.39, 0.29) is 0 Å². The van der Waals surface area contributed by atoms with Crippen molar-refractivity contribution in [3.63, 3.8) is 0 Å². The van der Waals surface area contributed by atoms with Crippen LogP contribution in [0.1, 0.15) is 24.7 Å². The van der Waals surface area contributed by atoms with Gasteiger partial charge in [-0.05, 0) is 19.0 Å². The van der Waals surface area contributed by atoms with Crippen molar-refractivity contribution in [2.75, 3.05) is 47.1 Å². The summed E-state index contributed by atoms with van der Waals surface area (Å²) < 4.78 is 15.9. The second-order valence-corrected chi connectivity index (χ2v) is 4.76. The highest BCUT2D eigenvalue weighted by atomic mass is 16.5. The van der Waals surface area contributed by atoms with E-state index >= 15 is 0 Å². The molecular weight excluding hydrogens is 256 g/mol. The average Bonchev–Trinajstić information content (AvgIpc) is 2.89. The van der Waals surface area contributed by atoms with Gasteiger partial charge in [0.1, 0.15) is 5.76 Å². The third-order valence-corrected chi connectivity index (χ3v) is 3.20. The molecule has 0 spiro atoms. The van der Waals surface area contributed by atoms with Crippen molar-refractivity contribution in [2.45, 2.75) is 26.4 Å². The van der Waals surface area contributed by atoms with Crippen LogP contribution in [0.15, 0.2) is 16.7 Å². The Morgan fingerprint density at radius 1 is 1.20 bits per heavy atom. The smallest absolute Gasteiger partial charge is 0.122 e. The van der Waals surface area contributed by atoms with E-state index in [1.165, 1.54) is 5.56 Å². The van der Waals surface area contributed by atoms with Gasteiger partial charge >= 0.3 is 0 Å². The van der Waals surface area contributed by atoms with Crippen LogP contribution < -0.4 is 5.32 Å². The largest absolute Gasteiger partial charge is 0.468 e. The first-order valence-electron chi connectivity index (χ1n) is 7.28. The molecule has 0 bridgehead atoms. The maximum absolute atomic E-state index is 5.62. The van der Waals surface area contributed by atoms with Gasteiger partial charge in [-0.15, -0.1) is 0 Å². The topological polar surface area (TPSA) is 46.9 Å². The van der Waals surface area contributed by atoms with Crippen molar-refractivity contribution in [2.24, 2.45) is 0 Å². The average molecular weight is 284 g/mol. The number of hydrogen-bond acceptors (Lipinski definition) is 5. The van der Waals surface area contributed by atoms with Crippen molar-refractivity contribution in [3.8, 4) is 0 Å². The number of nitrogens with one attached hydrogen (secondary N) is 1. The number of hydrogen-bond donors (Lipinski definition) is 1. The third-order valence-electron chi connectivity index (χ3n) is 3.20. The summed E-state index contributed by atoms with van der Waals surface area (Å²) in [6.07, 6.45) is 2.79. The van der Waals surface area contributed by atoms with Gasteiger partial charge in [0, 0.05) is 46.0 Å². The van der Waals surface area contributed by atoms with Gasteiger partial charge in [0.05, 0.1) is 19.4 Å². The van der Waals surface area contributed by atoms with Crippen molar-refractivity contribution >= 4 is 0 Å². The van der Waals surface area contributed by atoms with E-state index in [1.807, 2.05) is 6.07 Å². The predicted octanol–water partition coefficient (Wildman–Crippen LogP) is 1.87. The molecule has 0 atom stereocenters. The first-order chi connectivity index (χ1) is 9.81. The second kappa shape index (κ2) is 10.9. The Bertz CT molecular complexity index is 342. The van der Waals surface area contributed by atoms with Gasteiger partial charge in [0.2, 0.25) is 0 Å². The molecule has 20 heavy (non-hydrogen) atoms. The fourth-order valence-electron chi connectivity index (χ4n) is 2.05. The number of rotatable bonds is 12. The highest BCUT2D eigenvalue weighted by Crippen LogP contribution is 2.13. The Balaban J connectivity index is 2.51. The Morgan fingerprint density at radius 2 is 2.00 bits per heavy atom. The zero-order chi connectivity index (χ0) is 14.6. The zero-order valence-electron chi connectivity index (χ0n) is 13.0. The maximum Gasteiger partial charge on any atom is 0.122 e. The summed E-state index contributed by atoms with van der Waals surface area (Å²) in [5.74, 6) is 1.04. The summed E-state index contributed by atoms with van der Waals surface area (Å²) in [7, 11) is 3.47. The molecule has 0 radical (unpaired) electrons. The monoisotopic (exact) mass is 284 g/mol. The number of nitrogens with zero attached hydrogens (tertiary/aromatic N) is 1. The van der Waals surface area contributed by atoms with Crippen LogP contribution in [0.4, 0.5) is 0 Å². The summed E-state index contributed by atoms with van der Waals surface area (Å²) >= 11 is 0. The van der Waals surface area contributed by atoms with Gasteiger partial charge in [-0.3, -0.25) is 4.90 Å². The van der Waals surface area contributed by atoms with Crippen molar-refractivity contribution < 1.29 is 13.9 Å². The molecular formula is C15H28N2O3. The van der Waals surface area contributed by atoms with E-state index in [9.17, 15) is 0 Å². The Morgan fingerprint density at radius 3 is 2.70 bits per heavy atom. The van der Waals surface area contributed by atoms with Gasteiger partial charge in [0.15, 0.2) is 0 Å². The quantitative estimate of drug-likeness (QED) is 0.594. The van der Waals surface area contributed by atoms with Crippen molar-refractivity contribution in [1.82, 2.24) is 10.2 Å². The van der Waals surface area contributed by atoms with E-state index in [0.29, 0.717) is 0 Å². The molecule has 0 unspecified atom stereocenters. The van der Waals surface area contributed by atoms with Crippen LogP contribution in [0.3, 0.4) is 0 Å². The second-order valence-electron chi connectivity index (χ2n) is 4.76. The number of furan rings is 1. The minimum Gasteiger partial charge on any atom is -0.468 e. The molecule has 1 rings (SSSR count). The minimum absolute atomic E-state index is 0.732. The molecule has 5 nitrogen and oxygen atoms in total.